The van der Waals surface area contributed by atoms with Gasteiger partial charge in [0.15, 0.2) is 0 Å². The van der Waals surface area contributed by atoms with Crippen molar-refractivity contribution >= 4 is 17.5 Å². The Labute approximate surface area is 93.5 Å². The number of hydrogen-bond acceptors (Lipinski definition) is 3. The average Bonchev–Trinajstić information content (AvgIpc) is 2.75. The molecular weight excluding hydrogens is 206 g/mol. The molecule has 2 heterocycles. The fourth-order valence-corrected chi connectivity index (χ4v) is 1.71. The summed E-state index contributed by atoms with van der Waals surface area (Å²) in [5.41, 5.74) is 0.730. The number of amides is 2. The van der Waals surface area contributed by atoms with Crippen LogP contribution in [0, 0.1) is 0 Å². The maximum atomic E-state index is 12.0. The first-order chi connectivity index (χ1) is 7.68. The molecule has 2 amide bonds. The SMILES string of the molecule is CN(C(=O)C1CCC(=O)N1)c1cccnc1. The second-order valence-electron chi connectivity index (χ2n) is 3.77. The quantitative estimate of drug-likeness (QED) is 0.779. The number of anilines is 1. The highest BCUT2D eigenvalue weighted by Crippen LogP contribution is 2.14. The van der Waals surface area contributed by atoms with Crippen molar-refractivity contribution in [3.8, 4) is 0 Å². The third kappa shape index (κ3) is 2.03. The molecule has 84 valence electrons. The number of nitrogens with one attached hydrogen (secondary N) is 1. The first-order valence-electron chi connectivity index (χ1n) is 5.15. The summed E-state index contributed by atoms with van der Waals surface area (Å²) in [7, 11) is 1.68. The number of carbonyl (C=O) groups is 2. The maximum absolute atomic E-state index is 12.0. The molecule has 0 radical (unpaired) electrons. The normalized spacial score (nSPS) is 19.3. The lowest BCUT2D eigenvalue weighted by molar-refractivity contribution is -0.123. The van der Waals surface area contributed by atoms with Crippen LogP contribution in [-0.4, -0.2) is 29.9 Å². The highest BCUT2D eigenvalue weighted by Gasteiger charge is 2.29. The molecule has 0 saturated carbocycles. The van der Waals surface area contributed by atoms with Crippen molar-refractivity contribution in [1.82, 2.24) is 10.3 Å². The number of hydrogen-bond donors (Lipinski definition) is 1. The van der Waals surface area contributed by atoms with Crippen LogP contribution in [0.4, 0.5) is 5.69 Å². The molecule has 1 aromatic heterocycles. The van der Waals surface area contributed by atoms with Gasteiger partial charge in [-0.25, -0.2) is 0 Å². The minimum Gasteiger partial charge on any atom is -0.344 e. The maximum Gasteiger partial charge on any atom is 0.249 e. The Balaban J connectivity index is 2.08. The van der Waals surface area contributed by atoms with Gasteiger partial charge < -0.3 is 10.2 Å². The van der Waals surface area contributed by atoms with E-state index < -0.39 is 6.04 Å². The lowest BCUT2D eigenvalue weighted by atomic mass is 10.2. The predicted octanol–water partition coefficient (Wildman–Crippen LogP) is 0.323. The van der Waals surface area contributed by atoms with Gasteiger partial charge >= 0.3 is 0 Å². The Kier molecular flexibility index (Phi) is 2.85. The Morgan fingerprint density at radius 2 is 2.44 bits per heavy atom. The fourth-order valence-electron chi connectivity index (χ4n) is 1.71. The van der Waals surface area contributed by atoms with Gasteiger partial charge in [0.05, 0.1) is 11.9 Å². The lowest BCUT2D eigenvalue weighted by Gasteiger charge is -2.20. The second-order valence-corrected chi connectivity index (χ2v) is 3.77. The van der Waals surface area contributed by atoms with E-state index in [1.165, 1.54) is 4.90 Å². The van der Waals surface area contributed by atoms with E-state index in [1.54, 1.807) is 25.5 Å². The van der Waals surface area contributed by atoms with Crippen molar-refractivity contribution in [1.29, 1.82) is 0 Å². The van der Waals surface area contributed by atoms with E-state index in [-0.39, 0.29) is 11.8 Å². The van der Waals surface area contributed by atoms with Crippen LogP contribution in [-0.2, 0) is 9.59 Å². The van der Waals surface area contributed by atoms with Gasteiger partial charge in [-0.15, -0.1) is 0 Å². The lowest BCUT2D eigenvalue weighted by Crippen LogP contribution is -2.42. The summed E-state index contributed by atoms with van der Waals surface area (Å²) in [5.74, 6) is -0.156. The fraction of sp³-hybridized carbons (Fsp3) is 0.364. The van der Waals surface area contributed by atoms with Crippen LogP contribution in [0.15, 0.2) is 24.5 Å². The molecule has 16 heavy (non-hydrogen) atoms. The summed E-state index contributed by atoms with van der Waals surface area (Å²) in [6.07, 6.45) is 4.27. The van der Waals surface area contributed by atoms with Crippen molar-refractivity contribution in [2.45, 2.75) is 18.9 Å². The predicted molar refractivity (Wildman–Crippen MR) is 58.8 cm³/mol. The highest BCUT2D eigenvalue weighted by atomic mass is 16.2. The van der Waals surface area contributed by atoms with E-state index in [9.17, 15) is 9.59 Å². The van der Waals surface area contributed by atoms with Crippen LogP contribution in [0.25, 0.3) is 0 Å². The van der Waals surface area contributed by atoms with Gasteiger partial charge in [-0.1, -0.05) is 0 Å². The molecule has 0 aliphatic carbocycles. The molecule has 0 aromatic carbocycles. The van der Waals surface area contributed by atoms with E-state index in [1.807, 2.05) is 6.07 Å². The molecule has 1 aliphatic heterocycles. The van der Waals surface area contributed by atoms with Crippen molar-refractivity contribution in [2.24, 2.45) is 0 Å². The first kappa shape index (κ1) is 10.6. The molecule has 0 spiro atoms. The van der Waals surface area contributed by atoms with E-state index >= 15 is 0 Å². The average molecular weight is 219 g/mol. The van der Waals surface area contributed by atoms with Crippen molar-refractivity contribution in [2.75, 3.05) is 11.9 Å². The van der Waals surface area contributed by atoms with Gasteiger partial charge in [0, 0.05) is 19.7 Å². The summed E-state index contributed by atoms with van der Waals surface area (Å²) in [5, 5.41) is 2.65. The summed E-state index contributed by atoms with van der Waals surface area (Å²) in [6.45, 7) is 0. The standard InChI is InChI=1S/C11H13N3O2/c1-14(8-3-2-6-12-7-8)11(16)9-4-5-10(15)13-9/h2-3,6-7,9H,4-5H2,1H3,(H,13,15). The Hall–Kier alpha value is -1.91. The Morgan fingerprint density at radius 3 is 3.00 bits per heavy atom. The molecule has 1 atom stereocenters. The van der Waals surface area contributed by atoms with Crippen molar-refractivity contribution in [3.05, 3.63) is 24.5 Å². The zero-order chi connectivity index (χ0) is 11.5. The van der Waals surface area contributed by atoms with Gasteiger partial charge in [-0.3, -0.25) is 14.6 Å². The molecule has 1 aromatic rings. The van der Waals surface area contributed by atoms with Gasteiger partial charge in [0.2, 0.25) is 11.8 Å². The minimum absolute atomic E-state index is 0.0575. The van der Waals surface area contributed by atoms with Crippen LogP contribution in [0.3, 0.4) is 0 Å². The molecule has 1 saturated heterocycles. The summed E-state index contributed by atoms with van der Waals surface area (Å²) >= 11 is 0. The van der Waals surface area contributed by atoms with E-state index in [0.29, 0.717) is 12.8 Å². The topological polar surface area (TPSA) is 62.3 Å². The zero-order valence-electron chi connectivity index (χ0n) is 9.01. The minimum atomic E-state index is -0.391. The number of aromatic nitrogens is 1. The molecule has 1 unspecified atom stereocenters. The molecule has 2 rings (SSSR count). The molecule has 1 fully saturated rings. The molecule has 0 bridgehead atoms. The summed E-state index contributed by atoms with van der Waals surface area (Å²) in [6, 6.07) is 3.19. The van der Waals surface area contributed by atoms with Crippen molar-refractivity contribution < 1.29 is 9.59 Å². The number of carbonyl (C=O) groups excluding carboxylic acids is 2. The van der Waals surface area contributed by atoms with Crippen LogP contribution in [0.1, 0.15) is 12.8 Å². The van der Waals surface area contributed by atoms with E-state index in [4.69, 9.17) is 0 Å². The summed E-state index contributed by atoms with van der Waals surface area (Å²) < 4.78 is 0. The van der Waals surface area contributed by atoms with Crippen molar-refractivity contribution in [3.63, 3.8) is 0 Å². The van der Waals surface area contributed by atoms with Crippen LogP contribution < -0.4 is 10.2 Å². The third-order valence-corrected chi connectivity index (χ3v) is 2.66. The Morgan fingerprint density at radius 1 is 1.62 bits per heavy atom. The van der Waals surface area contributed by atoms with Crippen LogP contribution in [0.2, 0.25) is 0 Å². The second kappa shape index (κ2) is 4.30. The number of likely N-dealkylation sites (N-methyl/N-ethyl adjacent to an activating group) is 1. The molecule has 5 nitrogen and oxygen atoms in total. The van der Waals surface area contributed by atoms with Crippen LogP contribution in [0.5, 0.6) is 0 Å². The number of rotatable bonds is 2. The van der Waals surface area contributed by atoms with E-state index in [2.05, 4.69) is 10.3 Å². The van der Waals surface area contributed by atoms with Gasteiger partial charge in [0.1, 0.15) is 6.04 Å². The molecule has 1 aliphatic rings. The first-order valence-corrected chi connectivity index (χ1v) is 5.15. The Bertz CT molecular complexity index is 405. The largest absolute Gasteiger partial charge is 0.344 e. The molecule has 5 heteroatoms. The number of pyridine rings is 1. The van der Waals surface area contributed by atoms with E-state index in [0.717, 1.165) is 5.69 Å². The summed E-state index contributed by atoms with van der Waals surface area (Å²) in [4.78, 5) is 28.5. The van der Waals surface area contributed by atoms with Gasteiger partial charge in [-0.2, -0.15) is 0 Å². The van der Waals surface area contributed by atoms with Crippen LogP contribution >= 0.6 is 0 Å². The number of nitrogens with zero attached hydrogens (tertiary/aromatic N) is 2. The molecular formula is C11H13N3O2. The monoisotopic (exact) mass is 219 g/mol. The molecule has 1 N–H and O–H groups in total. The zero-order valence-corrected chi connectivity index (χ0v) is 9.01. The van der Waals surface area contributed by atoms with Gasteiger partial charge in [-0.05, 0) is 18.6 Å². The third-order valence-electron chi connectivity index (χ3n) is 2.66. The smallest absolute Gasteiger partial charge is 0.249 e. The highest BCUT2D eigenvalue weighted by molar-refractivity contribution is 6.00. The van der Waals surface area contributed by atoms with Gasteiger partial charge in [0.25, 0.3) is 0 Å².